The Balaban J connectivity index is 1.62. The summed E-state index contributed by atoms with van der Waals surface area (Å²) in [7, 11) is 0. The summed E-state index contributed by atoms with van der Waals surface area (Å²) in [5.74, 6) is 1.70. The third-order valence-electron chi connectivity index (χ3n) is 4.00. The maximum Gasteiger partial charge on any atom is 0.205 e. The van der Waals surface area contributed by atoms with Gasteiger partial charge in [-0.1, -0.05) is 0 Å². The lowest BCUT2D eigenvalue weighted by atomic mass is 10.0. The predicted molar refractivity (Wildman–Crippen MR) is 74.4 cm³/mol. The van der Waals surface area contributed by atoms with E-state index >= 15 is 0 Å². The van der Waals surface area contributed by atoms with Gasteiger partial charge in [0.1, 0.15) is 5.82 Å². The van der Waals surface area contributed by atoms with Gasteiger partial charge >= 0.3 is 0 Å². The minimum absolute atomic E-state index is 0.385. The molecule has 2 aromatic heterocycles. The Morgan fingerprint density at radius 1 is 1.26 bits per heavy atom. The van der Waals surface area contributed by atoms with E-state index < -0.39 is 0 Å². The second-order valence-corrected chi connectivity index (χ2v) is 6.16. The van der Waals surface area contributed by atoms with Gasteiger partial charge in [0, 0.05) is 30.2 Å². The van der Waals surface area contributed by atoms with Crippen LogP contribution in [0.5, 0.6) is 0 Å². The van der Waals surface area contributed by atoms with Crippen molar-refractivity contribution in [3.8, 4) is 0 Å². The second kappa shape index (κ2) is 4.59. The van der Waals surface area contributed by atoms with Gasteiger partial charge in [0.25, 0.3) is 0 Å². The lowest BCUT2D eigenvalue weighted by molar-refractivity contribution is 0.464. The summed E-state index contributed by atoms with van der Waals surface area (Å²) in [5, 5.41) is 8.28. The fraction of sp³-hybridized carbons (Fsp3) is 0.615. The van der Waals surface area contributed by atoms with Crippen LogP contribution in [0.1, 0.15) is 55.6 Å². The van der Waals surface area contributed by atoms with Gasteiger partial charge in [0.2, 0.25) is 5.13 Å². The molecule has 100 valence electrons. The zero-order valence-electron chi connectivity index (χ0n) is 10.7. The Kier molecular flexibility index (Phi) is 2.76. The molecule has 2 fully saturated rings. The molecule has 3 heterocycles. The monoisotopic (exact) mass is 275 g/mol. The summed E-state index contributed by atoms with van der Waals surface area (Å²) >= 11 is 1.56. The van der Waals surface area contributed by atoms with Crippen molar-refractivity contribution in [3.63, 3.8) is 0 Å². The van der Waals surface area contributed by atoms with Crippen molar-refractivity contribution in [2.24, 2.45) is 0 Å². The summed E-state index contributed by atoms with van der Waals surface area (Å²) in [6.07, 6.45) is 8.04. The summed E-state index contributed by atoms with van der Waals surface area (Å²) in [4.78, 5) is 7.16. The van der Waals surface area contributed by atoms with Crippen LogP contribution in [0.15, 0.2) is 12.3 Å². The van der Waals surface area contributed by atoms with E-state index in [9.17, 15) is 0 Å². The summed E-state index contributed by atoms with van der Waals surface area (Å²) < 4.78 is 4.53. The first-order valence-electron chi connectivity index (χ1n) is 7.01. The van der Waals surface area contributed by atoms with E-state index in [1.54, 1.807) is 11.5 Å². The maximum absolute atomic E-state index is 4.76. The van der Waals surface area contributed by atoms with Crippen LogP contribution in [0.4, 0.5) is 5.13 Å². The fourth-order valence-corrected chi connectivity index (χ4v) is 3.61. The molecular formula is C13H17N5S. The smallest absolute Gasteiger partial charge is 0.205 e. The van der Waals surface area contributed by atoms with Crippen molar-refractivity contribution in [2.45, 2.75) is 44.1 Å². The van der Waals surface area contributed by atoms with Gasteiger partial charge in [-0.3, -0.25) is 5.10 Å². The molecule has 1 aliphatic carbocycles. The van der Waals surface area contributed by atoms with Gasteiger partial charge in [-0.25, -0.2) is 4.98 Å². The van der Waals surface area contributed by atoms with E-state index in [-0.39, 0.29) is 0 Å². The zero-order valence-corrected chi connectivity index (χ0v) is 11.6. The van der Waals surface area contributed by atoms with E-state index in [0.717, 1.165) is 17.5 Å². The molecule has 6 heteroatoms. The third kappa shape index (κ3) is 2.14. The molecule has 1 aliphatic heterocycles. The number of anilines is 1. The molecule has 0 amide bonds. The highest BCUT2D eigenvalue weighted by atomic mass is 32.1. The van der Waals surface area contributed by atoms with Crippen LogP contribution in [0.3, 0.4) is 0 Å². The van der Waals surface area contributed by atoms with Crippen molar-refractivity contribution in [1.82, 2.24) is 19.6 Å². The van der Waals surface area contributed by atoms with E-state index in [2.05, 4.69) is 25.5 Å². The Hall–Kier alpha value is -1.43. The lowest BCUT2D eigenvalue weighted by Gasteiger charge is -2.34. The maximum atomic E-state index is 4.76. The van der Waals surface area contributed by atoms with E-state index in [0.29, 0.717) is 12.0 Å². The molecule has 0 spiro atoms. The van der Waals surface area contributed by atoms with Crippen LogP contribution in [-0.4, -0.2) is 26.1 Å². The highest BCUT2D eigenvalue weighted by Gasteiger charge is 2.31. The largest absolute Gasteiger partial charge is 0.338 e. The van der Waals surface area contributed by atoms with Crippen molar-refractivity contribution < 1.29 is 0 Å². The van der Waals surface area contributed by atoms with E-state index in [1.165, 1.54) is 37.8 Å². The van der Waals surface area contributed by atoms with Crippen molar-refractivity contribution in [3.05, 3.63) is 23.8 Å². The number of nitrogens with zero attached hydrogens (tertiary/aromatic N) is 4. The van der Waals surface area contributed by atoms with Gasteiger partial charge in [0.05, 0.1) is 11.7 Å². The Labute approximate surface area is 116 Å². The first-order valence-corrected chi connectivity index (χ1v) is 7.78. The molecule has 1 atom stereocenters. The average molecular weight is 275 g/mol. The van der Waals surface area contributed by atoms with E-state index in [4.69, 9.17) is 4.98 Å². The summed E-state index contributed by atoms with van der Waals surface area (Å²) in [6.45, 7) is 1.07. The highest BCUT2D eigenvalue weighted by molar-refractivity contribution is 7.09. The number of nitrogens with one attached hydrogen (secondary N) is 1. The minimum Gasteiger partial charge on any atom is -0.338 e. The lowest BCUT2D eigenvalue weighted by Crippen LogP contribution is -2.33. The molecule has 19 heavy (non-hydrogen) atoms. The van der Waals surface area contributed by atoms with Gasteiger partial charge in [-0.15, -0.1) is 0 Å². The molecule has 0 unspecified atom stereocenters. The van der Waals surface area contributed by atoms with Crippen LogP contribution < -0.4 is 4.90 Å². The molecule has 4 rings (SSSR count). The summed E-state index contributed by atoms with van der Waals surface area (Å²) in [5.41, 5.74) is 1.20. The van der Waals surface area contributed by atoms with Crippen LogP contribution in [0.25, 0.3) is 0 Å². The van der Waals surface area contributed by atoms with Crippen LogP contribution in [-0.2, 0) is 0 Å². The van der Waals surface area contributed by atoms with Crippen LogP contribution in [0, 0.1) is 0 Å². The number of aromatic nitrogens is 4. The fourth-order valence-electron chi connectivity index (χ4n) is 2.79. The Morgan fingerprint density at radius 3 is 3.00 bits per heavy atom. The zero-order chi connectivity index (χ0) is 12.7. The highest BCUT2D eigenvalue weighted by Crippen LogP contribution is 2.41. The number of hydrogen-bond acceptors (Lipinski definition) is 5. The molecule has 2 aromatic rings. The van der Waals surface area contributed by atoms with Gasteiger partial charge in [0.15, 0.2) is 0 Å². The molecule has 0 bridgehead atoms. The first kappa shape index (κ1) is 11.4. The Morgan fingerprint density at radius 2 is 2.21 bits per heavy atom. The minimum atomic E-state index is 0.385. The SMILES string of the molecule is c1cc([C@@H]2CCCCN2c2nc(C3CC3)ns2)[nH]n1. The quantitative estimate of drug-likeness (QED) is 0.935. The number of hydrogen-bond donors (Lipinski definition) is 1. The standard InChI is InChI=1S/C13H17N5S/c1-2-8-18(11(3-1)10-6-7-14-16-10)13-15-12(17-19-13)9-4-5-9/h6-7,9,11H,1-5,8H2,(H,14,16)/t11-/m0/s1. The number of piperidine rings is 1. The summed E-state index contributed by atoms with van der Waals surface area (Å²) in [6, 6.07) is 2.46. The van der Waals surface area contributed by atoms with Gasteiger partial charge < -0.3 is 4.90 Å². The molecule has 1 saturated heterocycles. The predicted octanol–water partition coefficient (Wildman–Crippen LogP) is 2.87. The third-order valence-corrected chi connectivity index (χ3v) is 4.77. The topological polar surface area (TPSA) is 57.7 Å². The van der Waals surface area contributed by atoms with Crippen molar-refractivity contribution in [1.29, 1.82) is 0 Å². The average Bonchev–Trinajstić information content (AvgIpc) is 2.97. The molecule has 5 nitrogen and oxygen atoms in total. The van der Waals surface area contributed by atoms with Gasteiger partial charge in [-0.05, 0) is 38.2 Å². The van der Waals surface area contributed by atoms with Crippen molar-refractivity contribution in [2.75, 3.05) is 11.4 Å². The second-order valence-electron chi connectivity index (χ2n) is 5.43. The van der Waals surface area contributed by atoms with Crippen LogP contribution in [0.2, 0.25) is 0 Å². The number of aromatic amines is 1. The number of H-pyrrole nitrogens is 1. The van der Waals surface area contributed by atoms with E-state index in [1.807, 2.05) is 6.20 Å². The Bertz CT molecular complexity index is 545. The normalized spacial score (nSPS) is 23.8. The molecule has 2 aliphatic rings. The van der Waals surface area contributed by atoms with Crippen molar-refractivity contribution >= 4 is 16.7 Å². The van der Waals surface area contributed by atoms with Gasteiger partial charge in [-0.2, -0.15) is 9.47 Å². The van der Waals surface area contributed by atoms with Crippen LogP contribution >= 0.6 is 11.5 Å². The molecule has 1 saturated carbocycles. The number of rotatable bonds is 3. The molecule has 0 aromatic carbocycles. The molecular weight excluding hydrogens is 258 g/mol. The molecule has 1 N–H and O–H groups in total. The molecule has 0 radical (unpaired) electrons. The first-order chi connectivity index (χ1) is 9.42.